The molecular weight excluding hydrogens is 466 g/mol. The van der Waals surface area contributed by atoms with E-state index in [-0.39, 0.29) is 5.92 Å². The molecule has 0 aliphatic carbocycles. The Kier molecular flexibility index (Phi) is 9.19. The Balaban J connectivity index is 2.51. The van der Waals surface area contributed by atoms with Gasteiger partial charge in [0.15, 0.2) is 0 Å². The Morgan fingerprint density at radius 3 is 1.49 bits per heavy atom. The molecule has 0 N–H and O–H groups in total. The number of aryl methyl sites for hydroxylation is 3. The van der Waals surface area contributed by atoms with Gasteiger partial charge in [0.05, 0.1) is 35.5 Å². The lowest BCUT2D eigenvalue weighted by Gasteiger charge is -2.30. The fraction of sp³-hybridized carbons (Fsp3) is 0.419. The number of hydrogen-bond donors (Lipinski definition) is 0. The molecule has 0 radical (unpaired) electrons. The minimum Gasteiger partial charge on any atom is -0.496 e. The smallest absolute Gasteiger partial charge is 0.130 e. The van der Waals surface area contributed by atoms with E-state index in [2.05, 4.69) is 63.8 Å². The van der Waals surface area contributed by atoms with Crippen molar-refractivity contribution in [2.24, 2.45) is 0 Å². The van der Waals surface area contributed by atoms with Gasteiger partial charge >= 0.3 is 0 Å². The zero-order valence-corrected chi connectivity index (χ0v) is 23.9. The van der Waals surface area contributed by atoms with Gasteiger partial charge in [-0.05, 0) is 63.4 Å². The maximum atomic E-state index is 6.09. The van der Waals surface area contributed by atoms with Crippen LogP contribution in [-0.2, 0) is 0 Å². The van der Waals surface area contributed by atoms with Crippen LogP contribution in [0.2, 0.25) is 0 Å². The molecule has 0 aliphatic rings. The van der Waals surface area contributed by atoms with E-state index in [4.69, 9.17) is 23.7 Å². The van der Waals surface area contributed by atoms with Gasteiger partial charge in [-0.15, -0.1) is 0 Å². The monoisotopic (exact) mass is 507 g/mol. The van der Waals surface area contributed by atoms with Gasteiger partial charge in [0, 0.05) is 59.6 Å². The maximum Gasteiger partial charge on any atom is 0.130 e. The highest BCUT2D eigenvalue weighted by atomic mass is 16.5. The molecular formula is C31H41NO5. The quantitative estimate of drug-likeness (QED) is 0.270. The summed E-state index contributed by atoms with van der Waals surface area (Å²) in [5.41, 5.74) is 7.42. The largest absolute Gasteiger partial charge is 0.496 e. The molecule has 200 valence electrons. The molecule has 0 fully saturated rings. The molecule has 3 rings (SSSR count). The summed E-state index contributed by atoms with van der Waals surface area (Å²) < 4.78 is 29.5. The lowest BCUT2D eigenvalue weighted by molar-refractivity contribution is 0.365. The van der Waals surface area contributed by atoms with Crippen LogP contribution in [0.1, 0.15) is 53.1 Å². The fourth-order valence-electron chi connectivity index (χ4n) is 5.29. The molecule has 1 atom stereocenters. The number of benzene rings is 3. The van der Waals surface area contributed by atoms with E-state index in [1.807, 2.05) is 12.1 Å². The second-order valence-corrected chi connectivity index (χ2v) is 9.13. The van der Waals surface area contributed by atoms with E-state index in [0.29, 0.717) is 17.2 Å². The van der Waals surface area contributed by atoms with Gasteiger partial charge in [0.1, 0.15) is 28.7 Å². The summed E-state index contributed by atoms with van der Waals surface area (Å²) in [6, 6.07) is 12.4. The summed E-state index contributed by atoms with van der Waals surface area (Å²) in [5, 5.41) is 0. The second kappa shape index (κ2) is 12.1. The lowest BCUT2D eigenvalue weighted by Crippen LogP contribution is -2.22. The Morgan fingerprint density at radius 2 is 1.03 bits per heavy atom. The highest BCUT2D eigenvalue weighted by Gasteiger charge is 2.33. The molecule has 37 heavy (non-hydrogen) atoms. The molecule has 0 aliphatic heterocycles. The predicted molar refractivity (Wildman–Crippen MR) is 151 cm³/mol. The third-order valence-electron chi connectivity index (χ3n) is 7.01. The van der Waals surface area contributed by atoms with Crippen molar-refractivity contribution in [2.45, 2.75) is 40.5 Å². The van der Waals surface area contributed by atoms with Crippen LogP contribution in [0, 0.1) is 20.8 Å². The Bertz CT molecular complexity index is 1210. The van der Waals surface area contributed by atoms with Crippen LogP contribution in [0.15, 0.2) is 36.4 Å². The SMILES string of the molecule is CCN(CC)c1cc(C)c(C(c2c(C)cc(C)cc2OC)c2c(OC)cc(OC)cc2OC)c(OC)c1. The molecule has 6 heteroatoms. The van der Waals surface area contributed by atoms with E-state index in [1.54, 1.807) is 35.5 Å². The minimum atomic E-state index is -0.299. The molecule has 1 unspecified atom stereocenters. The van der Waals surface area contributed by atoms with Crippen molar-refractivity contribution in [3.63, 3.8) is 0 Å². The number of ether oxygens (including phenoxy) is 5. The normalized spacial score (nSPS) is 11.6. The number of methoxy groups -OCH3 is 5. The Hall–Kier alpha value is -3.54. The fourth-order valence-corrected chi connectivity index (χ4v) is 5.29. The number of rotatable bonds is 11. The maximum absolute atomic E-state index is 6.09. The van der Waals surface area contributed by atoms with Gasteiger partial charge in [-0.1, -0.05) is 6.07 Å². The van der Waals surface area contributed by atoms with Gasteiger partial charge in [-0.25, -0.2) is 0 Å². The van der Waals surface area contributed by atoms with E-state index < -0.39 is 0 Å². The van der Waals surface area contributed by atoms with Crippen LogP contribution in [-0.4, -0.2) is 48.6 Å². The summed E-state index contributed by atoms with van der Waals surface area (Å²) in [5.74, 6) is 3.29. The summed E-state index contributed by atoms with van der Waals surface area (Å²) in [6.07, 6.45) is 0. The highest BCUT2D eigenvalue weighted by molar-refractivity contribution is 5.68. The molecule has 0 heterocycles. The van der Waals surface area contributed by atoms with E-state index >= 15 is 0 Å². The molecule has 3 aromatic rings. The van der Waals surface area contributed by atoms with Crippen LogP contribution in [0.3, 0.4) is 0 Å². The molecule has 0 saturated carbocycles. The first-order chi connectivity index (χ1) is 17.8. The van der Waals surface area contributed by atoms with Gasteiger partial charge in [0.2, 0.25) is 0 Å². The van der Waals surface area contributed by atoms with Crippen molar-refractivity contribution in [3.8, 4) is 28.7 Å². The number of anilines is 1. The zero-order valence-electron chi connectivity index (χ0n) is 23.9. The summed E-state index contributed by atoms with van der Waals surface area (Å²) in [6.45, 7) is 12.5. The summed E-state index contributed by atoms with van der Waals surface area (Å²) in [4.78, 5) is 2.32. The topological polar surface area (TPSA) is 49.4 Å². The average Bonchev–Trinajstić information content (AvgIpc) is 2.90. The van der Waals surface area contributed by atoms with Gasteiger partial charge in [-0.2, -0.15) is 0 Å². The Morgan fingerprint density at radius 1 is 0.568 bits per heavy atom. The molecule has 0 bridgehead atoms. The van der Waals surface area contributed by atoms with Crippen molar-refractivity contribution < 1.29 is 23.7 Å². The molecule has 6 nitrogen and oxygen atoms in total. The molecule has 0 aromatic heterocycles. The molecule has 0 amide bonds. The van der Waals surface area contributed by atoms with Crippen molar-refractivity contribution in [1.29, 1.82) is 0 Å². The average molecular weight is 508 g/mol. The molecule has 0 saturated heterocycles. The van der Waals surface area contributed by atoms with Crippen LogP contribution in [0.4, 0.5) is 5.69 Å². The third kappa shape index (κ3) is 5.43. The zero-order chi connectivity index (χ0) is 27.3. The van der Waals surface area contributed by atoms with Crippen LogP contribution in [0.25, 0.3) is 0 Å². The molecule has 3 aromatic carbocycles. The van der Waals surface area contributed by atoms with E-state index in [1.165, 1.54) is 0 Å². The van der Waals surface area contributed by atoms with Crippen LogP contribution >= 0.6 is 0 Å². The van der Waals surface area contributed by atoms with Gasteiger partial charge < -0.3 is 28.6 Å². The Labute approximate surface area is 222 Å². The predicted octanol–water partition coefficient (Wildman–Crippen LogP) is 6.68. The molecule has 0 spiro atoms. The standard InChI is InChI=1S/C31H41NO5/c1-11-32(12-2)22-15-21(5)29(25(16-22)35-8)31(28-20(4)13-19(3)14-24(28)34-7)30-26(36-9)17-23(33-6)18-27(30)37-10/h13-18,31H,11-12H2,1-10H3. The van der Waals surface area contributed by atoms with E-state index in [9.17, 15) is 0 Å². The van der Waals surface area contributed by atoms with Crippen molar-refractivity contribution in [1.82, 2.24) is 0 Å². The first-order valence-electron chi connectivity index (χ1n) is 12.7. The van der Waals surface area contributed by atoms with Crippen molar-refractivity contribution in [2.75, 3.05) is 53.5 Å². The minimum absolute atomic E-state index is 0.299. The van der Waals surface area contributed by atoms with Crippen molar-refractivity contribution in [3.05, 3.63) is 69.8 Å². The summed E-state index contributed by atoms with van der Waals surface area (Å²) >= 11 is 0. The number of nitrogens with zero attached hydrogens (tertiary/aromatic N) is 1. The first-order valence-corrected chi connectivity index (χ1v) is 12.7. The van der Waals surface area contributed by atoms with Gasteiger partial charge in [0.25, 0.3) is 0 Å². The first kappa shape index (κ1) is 28.0. The van der Waals surface area contributed by atoms with E-state index in [0.717, 1.165) is 63.7 Å². The lowest BCUT2D eigenvalue weighted by atomic mass is 9.78. The van der Waals surface area contributed by atoms with Crippen LogP contribution in [0.5, 0.6) is 28.7 Å². The number of hydrogen-bond acceptors (Lipinski definition) is 6. The summed E-state index contributed by atoms with van der Waals surface area (Å²) in [7, 11) is 8.41. The third-order valence-corrected chi connectivity index (χ3v) is 7.01. The highest BCUT2D eigenvalue weighted by Crippen LogP contribution is 2.51. The van der Waals surface area contributed by atoms with Gasteiger partial charge in [-0.3, -0.25) is 0 Å². The van der Waals surface area contributed by atoms with Crippen molar-refractivity contribution >= 4 is 5.69 Å². The van der Waals surface area contributed by atoms with Crippen LogP contribution < -0.4 is 28.6 Å². The second-order valence-electron chi connectivity index (χ2n) is 9.13.